The molecule has 7 nitrogen and oxygen atoms in total. The molecule has 0 aliphatic carbocycles. The quantitative estimate of drug-likeness (QED) is 0.0498. The smallest absolute Gasteiger partial charge is 0.309 e. The first-order valence-corrected chi connectivity index (χ1v) is 25.3. The average molecular weight is 864 g/mol. The molecule has 1 rings (SSSR count). The predicted molar refractivity (Wildman–Crippen MR) is 264 cm³/mol. The van der Waals surface area contributed by atoms with Crippen molar-refractivity contribution >= 4 is 11.9 Å². The number of benzene rings is 1. The van der Waals surface area contributed by atoms with Gasteiger partial charge in [0.1, 0.15) is 11.5 Å². The molecule has 62 heavy (non-hydrogen) atoms. The Bertz CT molecular complexity index is 1300. The van der Waals surface area contributed by atoms with Crippen molar-refractivity contribution in [3.63, 3.8) is 0 Å². The highest BCUT2D eigenvalue weighted by molar-refractivity contribution is 5.74. The van der Waals surface area contributed by atoms with E-state index in [-0.39, 0.29) is 6.42 Å². The van der Waals surface area contributed by atoms with Crippen LogP contribution in [0.4, 0.5) is 0 Å². The van der Waals surface area contributed by atoms with Crippen LogP contribution in [0.25, 0.3) is 0 Å². The highest BCUT2D eigenvalue weighted by Gasteiger charge is 2.36. The zero-order valence-corrected chi connectivity index (χ0v) is 40.4. The van der Waals surface area contributed by atoms with E-state index in [2.05, 4.69) is 67.4 Å². The van der Waals surface area contributed by atoms with Crippen molar-refractivity contribution in [2.24, 2.45) is 5.41 Å². The second-order valence-corrected chi connectivity index (χ2v) is 18.0. The van der Waals surface area contributed by atoms with Crippen LogP contribution < -0.4 is 9.47 Å². The maximum Gasteiger partial charge on any atom is 0.309 e. The van der Waals surface area contributed by atoms with Gasteiger partial charge in [0.25, 0.3) is 0 Å². The third-order valence-electron chi connectivity index (χ3n) is 11.7. The molecule has 0 aliphatic rings. The fraction of sp³-hybridized carbons (Fsp3) is 0.709. The van der Waals surface area contributed by atoms with Crippen molar-refractivity contribution in [3.8, 4) is 11.5 Å². The van der Waals surface area contributed by atoms with E-state index in [0.717, 1.165) is 82.1 Å². The number of hydrogen-bond acceptors (Lipinski definition) is 5. The van der Waals surface area contributed by atoms with Crippen LogP contribution >= 0.6 is 0 Å². The van der Waals surface area contributed by atoms with Crippen LogP contribution in [-0.2, 0) is 16.1 Å². The number of rotatable bonds is 44. The standard InChI is InChI=1S/C55H93NO6/c1-5-7-9-11-13-15-17-19-21-23-25-27-29-31-33-36-41-55(54(59)60,42-37-34-32-30-28-26-24-22-20-18-16-14-12-10-8-6-2)43-39-45-62-52-47-50(49-56(3)4)46-51(48-52)61-44-38-35-40-53(57)58/h13-16,19-22,46-48H,5-12,17-18,23-45,49H2,1-4H3,(H,57,58)(H,59,60)/b15-13-,16-14-,21-19-,22-20-. The van der Waals surface area contributed by atoms with Crippen LogP contribution in [0, 0.1) is 5.41 Å². The van der Waals surface area contributed by atoms with Gasteiger partial charge in [-0.2, -0.15) is 0 Å². The Morgan fingerprint density at radius 3 is 1.34 bits per heavy atom. The van der Waals surface area contributed by atoms with E-state index in [0.29, 0.717) is 44.6 Å². The molecule has 0 aliphatic heterocycles. The summed E-state index contributed by atoms with van der Waals surface area (Å²) in [5, 5.41) is 19.7. The first-order valence-electron chi connectivity index (χ1n) is 25.3. The molecular formula is C55H93NO6. The van der Waals surface area contributed by atoms with E-state index in [9.17, 15) is 14.7 Å². The number of ether oxygens (including phenoxy) is 2. The highest BCUT2D eigenvalue weighted by atomic mass is 16.5. The van der Waals surface area contributed by atoms with Gasteiger partial charge < -0.3 is 24.6 Å². The minimum atomic E-state index is -0.788. The molecule has 0 saturated heterocycles. The van der Waals surface area contributed by atoms with Crippen molar-refractivity contribution in [1.29, 1.82) is 0 Å². The molecule has 0 radical (unpaired) electrons. The highest BCUT2D eigenvalue weighted by Crippen LogP contribution is 2.37. The van der Waals surface area contributed by atoms with Crippen LogP contribution in [-0.4, -0.2) is 54.4 Å². The Morgan fingerprint density at radius 1 is 0.516 bits per heavy atom. The second kappa shape index (κ2) is 40.5. The van der Waals surface area contributed by atoms with E-state index >= 15 is 0 Å². The molecule has 0 unspecified atom stereocenters. The molecule has 0 heterocycles. The summed E-state index contributed by atoms with van der Waals surface area (Å²) < 4.78 is 12.3. The number of unbranched alkanes of at least 4 members (excludes halogenated alkanes) is 19. The molecule has 0 amide bonds. The lowest BCUT2D eigenvalue weighted by Crippen LogP contribution is -2.32. The molecule has 7 heteroatoms. The van der Waals surface area contributed by atoms with Crippen LogP contribution in [0.5, 0.6) is 11.5 Å². The summed E-state index contributed by atoms with van der Waals surface area (Å²) in [7, 11) is 4.05. The summed E-state index contributed by atoms with van der Waals surface area (Å²) in [6, 6.07) is 5.95. The molecule has 0 aromatic heterocycles. The monoisotopic (exact) mass is 864 g/mol. The number of aliphatic carboxylic acids is 2. The van der Waals surface area contributed by atoms with Crippen molar-refractivity contribution in [2.75, 3.05) is 27.3 Å². The number of carboxylic acid groups (broad SMARTS) is 2. The Labute approximate surface area is 380 Å². The lowest BCUT2D eigenvalue weighted by molar-refractivity contribution is -0.151. The van der Waals surface area contributed by atoms with Gasteiger partial charge in [0, 0.05) is 19.0 Å². The van der Waals surface area contributed by atoms with E-state index in [1.807, 2.05) is 32.3 Å². The van der Waals surface area contributed by atoms with Gasteiger partial charge in [-0.25, -0.2) is 0 Å². The summed E-state index contributed by atoms with van der Waals surface area (Å²) >= 11 is 0. The zero-order valence-electron chi connectivity index (χ0n) is 40.4. The molecule has 0 atom stereocenters. The fourth-order valence-corrected chi connectivity index (χ4v) is 8.02. The van der Waals surface area contributed by atoms with Gasteiger partial charge in [0.2, 0.25) is 0 Å². The van der Waals surface area contributed by atoms with Gasteiger partial charge in [-0.15, -0.1) is 0 Å². The summed E-state index contributed by atoms with van der Waals surface area (Å²) in [4.78, 5) is 26.1. The maximum absolute atomic E-state index is 13.1. The van der Waals surface area contributed by atoms with Gasteiger partial charge in [-0.05, 0) is 135 Å². The molecule has 0 bridgehead atoms. The summed E-state index contributed by atoms with van der Waals surface area (Å²) in [5.74, 6) is 0.00305. The minimum Gasteiger partial charge on any atom is -0.493 e. The number of hydrogen-bond donors (Lipinski definition) is 2. The van der Waals surface area contributed by atoms with Crippen LogP contribution in [0.15, 0.2) is 66.8 Å². The Balaban J connectivity index is 2.67. The Morgan fingerprint density at radius 2 is 0.919 bits per heavy atom. The summed E-state index contributed by atoms with van der Waals surface area (Å²) in [6.45, 7) is 6.13. The van der Waals surface area contributed by atoms with E-state index in [1.165, 1.54) is 103 Å². The van der Waals surface area contributed by atoms with Gasteiger partial charge in [0.15, 0.2) is 0 Å². The van der Waals surface area contributed by atoms with Crippen LogP contribution in [0.1, 0.15) is 218 Å². The molecule has 0 spiro atoms. The van der Waals surface area contributed by atoms with Gasteiger partial charge in [-0.3, -0.25) is 9.59 Å². The SMILES string of the molecule is CCCCC/C=C\C/C=C\CCCCCCCCC(CCCCCCCC/C=C\C/C=C\CCCCC)(CCCOc1cc(CN(C)C)cc(OCCCCC(=O)O)c1)C(=O)O. The molecule has 1 aromatic carbocycles. The second-order valence-electron chi connectivity index (χ2n) is 18.0. The zero-order chi connectivity index (χ0) is 45.2. The fourth-order valence-electron chi connectivity index (χ4n) is 8.02. The Hall–Kier alpha value is -3.32. The van der Waals surface area contributed by atoms with Crippen molar-refractivity contribution in [3.05, 3.63) is 72.4 Å². The molecular weight excluding hydrogens is 771 g/mol. The Kier molecular flexibility index (Phi) is 37.0. The van der Waals surface area contributed by atoms with E-state index in [4.69, 9.17) is 14.6 Å². The van der Waals surface area contributed by atoms with Crippen LogP contribution in [0.3, 0.4) is 0 Å². The number of carboxylic acids is 2. The number of carbonyl (C=O) groups is 2. The minimum absolute atomic E-state index is 0.141. The lowest BCUT2D eigenvalue weighted by Gasteiger charge is -2.30. The largest absolute Gasteiger partial charge is 0.493 e. The number of allylic oxidation sites excluding steroid dienone is 8. The molecule has 2 N–H and O–H groups in total. The average Bonchev–Trinajstić information content (AvgIpc) is 3.24. The third kappa shape index (κ3) is 33.3. The normalized spacial score (nSPS) is 12.3. The lowest BCUT2D eigenvalue weighted by atomic mass is 9.74. The molecule has 1 aromatic rings. The molecule has 354 valence electrons. The maximum atomic E-state index is 13.1. The van der Waals surface area contributed by atoms with Gasteiger partial charge in [-0.1, -0.05) is 152 Å². The first-order chi connectivity index (χ1) is 30.2. The number of nitrogens with zero attached hydrogens (tertiary/aromatic N) is 1. The summed E-state index contributed by atoms with van der Waals surface area (Å²) in [5.41, 5.74) is 0.355. The summed E-state index contributed by atoms with van der Waals surface area (Å²) in [6.07, 6.45) is 51.0. The topological polar surface area (TPSA) is 96.3 Å². The van der Waals surface area contributed by atoms with Gasteiger partial charge in [0.05, 0.1) is 18.6 Å². The molecule has 0 fully saturated rings. The third-order valence-corrected chi connectivity index (χ3v) is 11.7. The van der Waals surface area contributed by atoms with Crippen molar-refractivity contribution in [2.45, 2.75) is 219 Å². The first kappa shape index (κ1) is 56.7. The van der Waals surface area contributed by atoms with Crippen molar-refractivity contribution < 1.29 is 29.3 Å². The van der Waals surface area contributed by atoms with E-state index < -0.39 is 17.4 Å². The molecule has 0 saturated carbocycles. The van der Waals surface area contributed by atoms with E-state index in [1.54, 1.807) is 0 Å². The van der Waals surface area contributed by atoms with Gasteiger partial charge >= 0.3 is 11.9 Å². The van der Waals surface area contributed by atoms with Crippen molar-refractivity contribution in [1.82, 2.24) is 4.90 Å². The van der Waals surface area contributed by atoms with Crippen LogP contribution in [0.2, 0.25) is 0 Å². The predicted octanol–water partition coefficient (Wildman–Crippen LogP) is 16.0.